The van der Waals surface area contributed by atoms with Gasteiger partial charge in [-0.1, -0.05) is 12.1 Å². The number of nitrogens with zero attached hydrogens (tertiary/aromatic N) is 1. The lowest BCUT2D eigenvalue weighted by Gasteiger charge is -2.17. The second-order valence-corrected chi connectivity index (χ2v) is 7.75. The molecule has 4 rings (SSSR count). The molecule has 0 saturated carbocycles. The Balaban J connectivity index is 1.46. The molecule has 1 amide bonds. The molecule has 0 spiro atoms. The van der Waals surface area contributed by atoms with E-state index in [0.29, 0.717) is 0 Å². The van der Waals surface area contributed by atoms with Gasteiger partial charge in [0.1, 0.15) is 5.82 Å². The minimum atomic E-state index is -0.293. The summed E-state index contributed by atoms with van der Waals surface area (Å²) in [5, 5.41) is 4.20. The number of nitrogens with one attached hydrogen (secondary N) is 1. The van der Waals surface area contributed by atoms with Gasteiger partial charge in [-0.25, -0.2) is 4.39 Å². The SMILES string of the molecule is Cc1ccc(N2CCc3cc(NC(=O)Cc4ccc(F)cc4)ccc32)s1. The number of aryl methyl sites for hydroxylation is 1. The van der Waals surface area contributed by atoms with Crippen LogP contribution in [0.5, 0.6) is 0 Å². The third kappa shape index (κ3) is 3.48. The summed E-state index contributed by atoms with van der Waals surface area (Å²) in [6.45, 7) is 3.08. The summed E-state index contributed by atoms with van der Waals surface area (Å²) < 4.78 is 12.9. The maximum atomic E-state index is 12.9. The van der Waals surface area contributed by atoms with Gasteiger partial charge in [0.15, 0.2) is 0 Å². The molecule has 1 aromatic heterocycles. The van der Waals surface area contributed by atoms with Crippen molar-refractivity contribution in [2.75, 3.05) is 16.8 Å². The van der Waals surface area contributed by atoms with E-state index in [4.69, 9.17) is 0 Å². The van der Waals surface area contributed by atoms with E-state index in [-0.39, 0.29) is 18.1 Å². The summed E-state index contributed by atoms with van der Waals surface area (Å²) >= 11 is 1.80. The maximum absolute atomic E-state index is 12.9. The first kappa shape index (κ1) is 16.8. The molecule has 26 heavy (non-hydrogen) atoms. The van der Waals surface area contributed by atoms with Crippen molar-refractivity contribution in [2.24, 2.45) is 0 Å². The number of halogens is 1. The fourth-order valence-electron chi connectivity index (χ4n) is 3.27. The average Bonchev–Trinajstić information content (AvgIpc) is 3.22. The molecule has 0 saturated heterocycles. The number of thiophene rings is 1. The highest BCUT2D eigenvalue weighted by Gasteiger charge is 2.22. The number of carbonyl (C=O) groups excluding carboxylic acids is 1. The summed E-state index contributed by atoms with van der Waals surface area (Å²) in [6.07, 6.45) is 1.20. The molecule has 0 aliphatic carbocycles. The number of benzene rings is 2. The van der Waals surface area contributed by atoms with Gasteiger partial charge >= 0.3 is 0 Å². The monoisotopic (exact) mass is 366 g/mol. The van der Waals surface area contributed by atoms with Crippen molar-refractivity contribution in [3.8, 4) is 0 Å². The summed E-state index contributed by atoms with van der Waals surface area (Å²) in [5.74, 6) is -0.390. The van der Waals surface area contributed by atoms with Crippen molar-refractivity contribution in [1.29, 1.82) is 0 Å². The molecule has 1 aliphatic heterocycles. The number of carbonyl (C=O) groups is 1. The molecular weight excluding hydrogens is 347 g/mol. The first-order valence-electron chi connectivity index (χ1n) is 8.60. The number of amides is 1. The molecule has 3 aromatic rings. The number of rotatable bonds is 4. The minimum Gasteiger partial charge on any atom is -0.333 e. The Labute approximate surface area is 156 Å². The first-order valence-corrected chi connectivity index (χ1v) is 9.41. The Bertz CT molecular complexity index is 949. The fourth-order valence-corrected chi connectivity index (χ4v) is 4.17. The van der Waals surface area contributed by atoms with Gasteiger partial charge in [0, 0.05) is 22.8 Å². The predicted molar refractivity (Wildman–Crippen MR) is 105 cm³/mol. The quantitative estimate of drug-likeness (QED) is 0.699. The molecule has 3 nitrogen and oxygen atoms in total. The van der Waals surface area contributed by atoms with Gasteiger partial charge in [0.05, 0.1) is 11.4 Å². The Morgan fingerprint density at radius 1 is 1.15 bits per heavy atom. The standard InChI is InChI=1S/C21H19FN2OS/c1-14-2-9-21(26-14)24-11-10-16-13-18(7-8-19(16)24)23-20(25)12-15-3-5-17(22)6-4-15/h2-9,13H,10-12H2,1H3,(H,23,25). The Morgan fingerprint density at radius 2 is 1.96 bits per heavy atom. The van der Waals surface area contributed by atoms with Crippen LogP contribution in [0.1, 0.15) is 16.0 Å². The van der Waals surface area contributed by atoms with Crippen LogP contribution in [0.3, 0.4) is 0 Å². The third-order valence-electron chi connectivity index (χ3n) is 4.53. The van der Waals surface area contributed by atoms with E-state index >= 15 is 0 Å². The molecule has 2 aromatic carbocycles. The Kier molecular flexibility index (Phi) is 4.47. The molecule has 0 radical (unpaired) electrons. The van der Waals surface area contributed by atoms with Crippen LogP contribution >= 0.6 is 11.3 Å². The Hall–Kier alpha value is -2.66. The van der Waals surface area contributed by atoms with E-state index < -0.39 is 0 Å². The average molecular weight is 366 g/mol. The zero-order valence-corrected chi connectivity index (χ0v) is 15.3. The molecular formula is C21H19FN2OS. The second kappa shape index (κ2) is 6.92. The summed E-state index contributed by atoms with van der Waals surface area (Å²) in [5.41, 5.74) is 4.06. The van der Waals surface area contributed by atoms with Crippen molar-refractivity contribution >= 4 is 33.6 Å². The zero-order chi connectivity index (χ0) is 18.1. The lowest BCUT2D eigenvalue weighted by molar-refractivity contribution is -0.115. The van der Waals surface area contributed by atoms with Gasteiger partial charge in [0.2, 0.25) is 5.91 Å². The van der Waals surface area contributed by atoms with Gasteiger partial charge in [-0.05, 0) is 66.9 Å². The normalized spacial score (nSPS) is 12.9. The van der Waals surface area contributed by atoms with E-state index in [1.165, 1.54) is 33.3 Å². The highest BCUT2D eigenvalue weighted by Crippen LogP contribution is 2.39. The van der Waals surface area contributed by atoms with Crippen LogP contribution in [0.4, 0.5) is 20.8 Å². The zero-order valence-electron chi connectivity index (χ0n) is 14.5. The van der Waals surface area contributed by atoms with Crippen molar-refractivity contribution in [3.05, 3.63) is 76.4 Å². The lowest BCUT2D eigenvalue weighted by atomic mass is 10.1. The van der Waals surface area contributed by atoms with E-state index in [1.54, 1.807) is 23.5 Å². The van der Waals surface area contributed by atoms with Crippen LogP contribution in [0.2, 0.25) is 0 Å². The lowest BCUT2D eigenvalue weighted by Crippen LogP contribution is -2.14. The highest BCUT2D eigenvalue weighted by atomic mass is 32.1. The molecule has 0 atom stereocenters. The van der Waals surface area contributed by atoms with Gasteiger partial charge in [-0.15, -0.1) is 11.3 Å². The largest absolute Gasteiger partial charge is 0.333 e. The number of hydrogen-bond donors (Lipinski definition) is 1. The first-order chi connectivity index (χ1) is 12.6. The molecule has 1 aliphatic rings. The highest BCUT2D eigenvalue weighted by molar-refractivity contribution is 7.16. The predicted octanol–water partition coefficient (Wildman–Crippen LogP) is 5.07. The number of fused-ring (bicyclic) bond motifs is 1. The Morgan fingerprint density at radius 3 is 2.69 bits per heavy atom. The molecule has 2 heterocycles. The summed E-state index contributed by atoms with van der Waals surface area (Å²) in [6, 6.07) is 16.4. The minimum absolute atomic E-state index is 0.0970. The summed E-state index contributed by atoms with van der Waals surface area (Å²) in [4.78, 5) is 15.9. The van der Waals surface area contributed by atoms with Gasteiger partial charge in [-0.3, -0.25) is 4.79 Å². The topological polar surface area (TPSA) is 32.3 Å². The van der Waals surface area contributed by atoms with Crippen molar-refractivity contribution in [1.82, 2.24) is 0 Å². The van der Waals surface area contributed by atoms with E-state index in [9.17, 15) is 9.18 Å². The van der Waals surface area contributed by atoms with Crippen LogP contribution in [0.25, 0.3) is 0 Å². The van der Waals surface area contributed by atoms with Crippen LogP contribution in [0.15, 0.2) is 54.6 Å². The van der Waals surface area contributed by atoms with Crippen molar-refractivity contribution in [3.63, 3.8) is 0 Å². The van der Waals surface area contributed by atoms with Crippen LogP contribution < -0.4 is 10.2 Å². The maximum Gasteiger partial charge on any atom is 0.228 e. The molecule has 132 valence electrons. The molecule has 1 N–H and O–H groups in total. The number of anilines is 3. The second-order valence-electron chi connectivity index (χ2n) is 6.48. The summed E-state index contributed by atoms with van der Waals surface area (Å²) in [7, 11) is 0. The van der Waals surface area contributed by atoms with Crippen LogP contribution in [-0.2, 0) is 17.6 Å². The molecule has 0 unspecified atom stereocenters. The van der Waals surface area contributed by atoms with E-state index in [0.717, 1.165) is 24.2 Å². The van der Waals surface area contributed by atoms with Gasteiger partial charge in [-0.2, -0.15) is 0 Å². The third-order valence-corrected chi connectivity index (χ3v) is 5.55. The van der Waals surface area contributed by atoms with Crippen LogP contribution in [-0.4, -0.2) is 12.5 Å². The van der Waals surface area contributed by atoms with Crippen LogP contribution in [0, 0.1) is 12.7 Å². The van der Waals surface area contributed by atoms with Crippen molar-refractivity contribution < 1.29 is 9.18 Å². The molecule has 0 bridgehead atoms. The van der Waals surface area contributed by atoms with Crippen molar-refractivity contribution in [2.45, 2.75) is 19.8 Å². The van der Waals surface area contributed by atoms with E-state index in [2.05, 4.69) is 41.4 Å². The van der Waals surface area contributed by atoms with Gasteiger partial charge < -0.3 is 10.2 Å². The number of hydrogen-bond acceptors (Lipinski definition) is 3. The van der Waals surface area contributed by atoms with Gasteiger partial charge in [0.25, 0.3) is 0 Å². The van der Waals surface area contributed by atoms with E-state index in [1.807, 2.05) is 6.07 Å². The smallest absolute Gasteiger partial charge is 0.228 e. The molecule has 0 fully saturated rings. The molecule has 5 heteroatoms. The fraction of sp³-hybridized carbons (Fsp3) is 0.190.